The number of aryl methyl sites for hydroxylation is 3. The van der Waals surface area contributed by atoms with Gasteiger partial charge in [0, 0.05) is 25.8 Å². The van der Waals surface area contributed by atoms with Crippen LogP contribution >= 0.6 is 23.2 Å². The summed E-state index contributed by atoms with van der Waals surface area (Å²) in [7, 11) is 0. The third kappa shape index (κ3) is 6.13. The van der Waals surface area contributed by atoms with Gasteiger partial charge in [-0.1, -0.05) is 41.3 Å². The summed E-state index contributed by atoms with van der Waals surface area (Å²) in [6.07, 6.45) is 4.25. The number of halogens is 2. The maximum absolute atomic E-state index is 11.8. The van der Waals surface area contributed by atoms with Crippen LogP contribution in [0.5, 0.6) is 0 Å². The number of nitrogens with one attached hydrogen (secondary N) is 1. The molecule has 0 unspecified atom stereocenters. The fourth-order valence-corrected chi connectivity index (χ4v) is 2.56. The van der Waals surface area contributed by atoms with Gasteiger partial charge in [0.05, 0.1) is 10.0 Å². The second kappa shape index (κ2) is 9.64. The highest BCUT2D eigenvalue weighted by Gasteiger charge is 2.08. The van der Waals surface area contributed by atoms with Gasteiger partial charge in [0.25, 0.3) is 0 Å². The Morgan fingerprint density at radius 1 is 1.21 bits per heavy atom. The Bertz CT molecular complexity index is 674. The smallest absolute Gasteiger partial charge is 0.227 e. The van der Waals surface area contributed by atoms with Crippen molar-refractivity contribution in [2.45, 2.75) is 45.4 Å². The number of nitrogens with zero attached hydrogens (tertiary/aromatic N) is 2. The molecule has 5 nitrogen and oxygen atoms in total. The summed E-state index contributed by atoms with van der Waals surface area (Å²) < 4.78 is 5.11. The fraction of sp³-hybridized carbons (Fsp3) is 0.471. The number of carbonyl (C=O) groups is 1. The van der Waals surface area contributed by atoms with Crippen LogP contribution in [0, 0.1) is 0 Å². The number of hydrogen-bond donors (Lipinski definition) is 1. The number of aromatic nitrogens is 2. The molecule has 0 atom stereocenters. The molecule has 2 aromatic rings. The van der Waals surface area contributed by atoms with Crippen molar-refractivity contribution >= 4 is 29.1 Å². The summed E-state index contributed by atoms with van der Waals surface area (Å²) >= 11 is 11.9. The first-order valence-corrected chi connectivity index (χ1v) is 8.86. The lowest BCUT2D eigenvalue weighted by molar-refractivity contribution is -0.121. The predicted octanol–water partition coefficient (Wildman–Crippen LogP) is 4.01. The van der Waals surface area contributed by atoms with Crippen molar-refractivity contribution in [1.29, 1.82) is 0 Å². The molecular weight excluding hydrogens is 349 g/mol. The lowest BCUT2D eigenvalue weighted by Gasteiger charge is -2.05. The van der Waals surface area contributed by atoms with E-state index >= 15 is 0 Å². The topological polar surface area (TPSA) is 68.0 Å². The van der Waals surface area contributed by atoms with Crippen molar-refractivity contribution in [2.75, 3.05) is 6.54 Å². The minimum absolute atomic E-state index is 0.0145. The van der Waals surface area contributed by atoms with Gasteiger partial charge in [-0.05, 0) is 37.0 Å². The zero-order valence-corrected chi connectivity index (χ0v) is 15.2. The molecule has 0 spiro atoms. The highest BCUT2D eigenvalue weighted by molar-refractivity contribution is 6.42. The van der Waals surface area contributed by atoms with Crippen LogP contribution in [-0.2, 0) is 24.1 Å². The lowest BCUT2D eigenvalue weighted by atomic mass is 10.1. The normalized spacial score (nSPS) is 10.8. The van der Waals surface area contributed by atoms with E-state index in [0.29, 0.717) is 41.1 Å². The molecule has 130 valence electrons. The highest BCUT2D eigenvalue weighted by atomic mass is 35.5. The van der Waals surface area contributed by atoms with Gasteiger partial charge in [-0.2, -0.15) is 4.98 Å². The summed E-state index contributed by atoms with van der Waals surface area (Å²) in [4.78, 5) is 16.1. The van der Waals surface area contributed by atoms with E-state index in [0.717, 1.165) is 31.2 Å². The number of hydrogen-bond acceptors (Lipinski definition) is 4. The molecule has 24 heavy (non-hydrogen) atoms. The van der Waals surface area contributed by atoms with Gasteiger partial charge in [-0.15, -0.1) is 0 Å². The van der Waals surface area contributed by atoms with Gasteiger partial charge >= 0.3 is 0 Å². The second-order valence-corrected chi connectivity index (χ2v) is 6.37. The van der Waals surface area contributed by atoms with Crippen LogP contribution in [0.25, 0.3) is 0 Å². The maximum atomic E-state index is 11.8. The molecule has 0 bridgehead atoms. The van der Waals surface area contributed by atoms with Gasteiger partial charge in [0.15, 0.2) is 5.82 Å². The molecule has 0 aliphatic carbocycles. The summed E-state index contributed by atoms with van der Waals surface area (Å²) in [6.45, 7) is 2.67. The maximum Gasteiger partial charge on any atom is 0.227 e. The molecule has 1 heterocycles. The first-order chi connectivity index (χ1) is 11.6. The number of amides is 1. The van der Waals surface area contributed by atoms with Gasteiger partial charge in [-0.25, -0.2) is 0 Å². The Hall–Kier alpha value is -1.59. The Balaban J connectivity index is 1.63. The van der Waals surface area contributed by atoms with Crippen LogP contribution in [0.2, 0.25) is 10.0 Å². The van der Waals surface area contributed by atoms with Crippen LogP contribution in [0.15, 0.2) is 22.7 Å². The van der Waals surface area contributed by atoms with E-state index in [-0.39, 0.29) is 5.91 Å². The highest BCUT2D eigenvalue weighted by Crippen LogP contribution is 2.23. The average molecular weight is 370 g/mol. The summed E-state index contributed by atoms with van der Waals surface area (Å²) in [5.41, 5.74) is 1.10. The predicted molar refractivity (Wildman–Crippen MR) is 94.4 cm³/mol. The van der Waals surface area contributed by atoms with Crippen LogP contribution in [0.1, 0.15) is 43.5 Å². The Kier molecular flexibility index (Phi) is 7.53. The zero-order chi connectivity index (χ0) is 17.4. The minimum Gasteiger partial charge on any atom is -0.356 e. The zero-order valence-electron chi connectivity index (χ0n) is 13.6. The van der Waals surface area contributed by atoms with Crippen molar-refractivity contribution in [3.05, 3.63) is 45.5 Å². The van der Waals surface area contributed by atoms with E-state index in [4.69, 9.17) is 27.7 Å². The van der Waals surface area contributed by atoms with E-state index in [2.05, 4.69) is 22.4 Å². The second-order valence-electron chi connectivity index (χ2n) is 5.56. The third-order valence-electron chi connectivity index (χ3n) is 3.50. The molecule has 0 saturated heterocycles. The minimum atomic E-state index is -0.0145. The fourth-order valence-electron chi connectivity index (χ4n) is 2.24. The first-order valence-electron chi connectivity index (χ1n) is 8.10. The third-order valence-corrected chi connectivity index (χ3v) is 4.24. The van der Waals surface area contributed by atoms with Crippen LogP contribution in [0.3, 0.4) is 0 Å². The van der Waals surface area contributed by atoms with Crippen molar-refractivity contribution in [2.24, 2.45) is 0 Å². The van der Waals surface area contributed by atoms with Gasteiger partial charge < -0.3 is 9.84 Å². The van der Waals surface area contributed by atoms with E-state index in [1.165, 1.54) is 0 Å². The van der Waals surface area contributed by atoms with Crippen LogP contribution in [0.4, 0.5) is 0 Å². The van der Waals surface area contributed by atoms with Crippen LogP contribution in [-0.4, -0.2) is 22.6 Å². The lowest BCUT2D eigenvalue weighted by Crippen LogP contribution is -2.25. The average Bonchev–Trinajstić information content (AvgIpc) is 3.01. The quantitative estimate of drug-likeness (QED) is 0.678. The van der Waals surface area contributed by atoms with Crippen molar-refractivity contribution in [1.82, 2.24) is 15.5 Å². The molecule has 1 N–H and O–H groups in total. The van der Waals surface area contributed by atoms with Gasteiger partial charge in [0.2, 0.25) is 11.8 Å². The number of rotatable bonds is 9. The number of carbonyl (C=O) groups excluding carboxylic acids is 1. The van der Waals surface area contributed by atoms with Crippen molar-refractivity contribution in [3.63, 3.8) is 0 Å². The molecule has 0 fully saturated rings. The Morgan fingerprint density at radius 3 is 2.79 bits per heavy atom. The molecule has 1 aromatic heterocycles. The molecule has 1 amide bonds. The molecule has 0 aliphatic heterocycles. The van der Waals surface area contributed by atoms with Crippen molar-refractivity contribution in [3.8, 4) is 0 Å². The van der Waals surface area contributed by atoms with E-state index < -0.39 is 0 Å². The first kappa shape index (κ1) is 18.7. The van der Waals surface area contributed by atoms with Gasteiger partial charge in [0.1, 0.15) is 0 Å². The van der Waals surface area contributed by atoms with Gasteiger partial charge in [-0.3, -0.25) is 4.79 Å². The molecule has 2 rings (SSSR count). The van der Waals surface area contributed by atoms with Crippen molar-refractivity contribution < 1.29 is 9.32 Å². The molecule has 1 aromatic carbocycles. The molecule has 0 aliphatic rings. The molecule has 7 heteroatoms. The number of benzene rings is 1. The summed E-state index contributed by atoms with van der Waals surface area (Å²) in [5, 5.41) is 7.87. The standard InChI is InChI=1S/C17H21Cl2N3O2/c1-2-4-15-21-17(24-22-15)9-8-16(23)20-10-3-5-12-6-7-13(18)14(19)11-12/h6-7,11H,2-5,8-10H2,1H3,(H,20,23). The van der Waals surface area contributed by atoms with E-state index in [9.17, 15) is 4.79 Å². The van der Waals surface area contributed by atoms with Crippen LogP contribution < -0.4 is 5.32 Å². The summed E-state index contributed by atoms with van der Waals surface area (Å²) in [6, 6.07) is 5.59. The molecular formula is C17H21Cl2N3O2. The Morgan fingerprint density at radius 2 is 2.04 bits per heavy atom. The molecule has 0 saturated carbocycles. The van der Waals surface area contributed by atoms with E-state index in [1.54, 1.807) is 6.07 Å². The Labute approximate surface area is 151 Å². The van der Waals surface area contributed by atoms with E-state index in [1.807, 2.05) is 12.1 Å². The SMILES string of the molecule is CCCc1noc(CCC(=O)NCCCc2ccc(Cl)c(Cl)c2)n1. The monoisotopic (exact) mass is 369 g/mol. The molecule has 0 radical (unpaired) electrons. The summed E-state index contributed by atoms with van der Waals surface area (Å²) in [5.74, 6) is 1.21. The largest absolute Gasteiger partial charge is 0.356 e.